The van der Waals surface area contributed by atoms with Crippen molar-refractivity contribution < 1.29 is 24.5 Å². The van der Waals surface area contributed by atoms with Crippen molar-refractivity contribution in [3.63, 3.8) is 0 Å². The Morgan fingerprint density at radius 3 is 2.79 bits per heavy atom. The van der Waals surface area contributed by atoms with E-state index in [4.69, 9.17) is 5.11 Å². The van der Waals surface area contributed by atoms with Gasteiger partial charge in [0.15, 0.2) is 11.5 Å². The number of carboxylic acids is 1. The van der Waals surface area contributed by atoms with Gasteiger partial charge in [-0.15, -0.1) is 11.3 Å². The molecule has 2 N–H and O–H groups in total. The van der Waals surface area contributed by atoms with Crippen LogP contribution in [-0.2, 0) is 4.79 Å². The number of carboxylic acid groups (broad SMARTS) is 1. The molecule has 2 rings (SSSR count). The number of rotatable bonds is 4. The van der Waals surface area contributed by atoms with Gasteiger partial charge in [0.1, 0.15) is 9.88 Å². The van der Waals surface area contributed by atoms with E-state index in [2.05, 4.69) is 9.72 Å². The Hall–Kier alpha value is -2.41. The van der Waals surface area contributed by atoms with Gasteiger partial charge in [-0.1, -0.05) is 0 Å². The van der Waals surface area contributed by atoms with E-state index in [1.807, 2.05) is 0 Å². The zero-order valence-corrected chi connectivity index (χ0v) is 10.6. The monoisotopic (exact) mass is 279 g/mol. The van der Waals surface area contributed by atoms with E-state index < -0.39 is 5.97 Å². The summed E-state index contributed by atoms with van der Waals surface area (Å²) in [5.41, 5.74) is 0.980. The van der Waals surface area contributed by atoms with Crippen LogP contribution in [0.15, 0.2) is 18.2 Å². The maximum atomic E-state index is 10.9. The number of phenols is 1. The average molecular weight is 279 g/mol. The van der Waals surface area contributed by atoms with Crippen LogP contribution >= 0.6 is 11.3 Å². The molecule has 0 aliphatic heterocycles. The smallest absolute Gasteiger partial charge is 0.347 e. The summed E-state index contributed by atoms with van der Waals surface area (Å²) in [6, 6.07) is 4.34. The van der Waals surface area contributed by atoms with Crippen LogP contribution in [-0.4, -0.2) is 27.6 Å². The van der Waals surface area contributed by atoms with E-state index in [1.54, 1.807) is 13.0 Å². The molecule has 0 aliphatic rings. The highest BCUT2D eigenvalue weighted by molar-refractivity contribution is 7.17. The lowest BCUT2D eigenvalue weighted by molar-refractivity contribution is -0.120. The molecule has 0 fully saturated rings. The van der Waals surface area contributed by atoms with Crippen LogP contribution < -0.4 is 4.74 Å². The molecule has 0 saturated heterocycles. The Kier molecular flexibility index (Phi) is 3.48. The Morgan fingerprint density at radius 1 is 1.47 bits per heavy atom. The normalized spacial score (nSPS) is 10.2. The first kappa shape index (κ1) is 13.0. The van der Waals surface area contributed by atoms with Gasteiger partial charge in [-0.2, -0.15) is 0 Å². The number of aromatic carboxylic acids is 1. The van der Waals surface area contributed by atoms with Crippen molar-refractivity contribution in [3.05, 3.63) is 28.8 Å². The molecule has 2 aromatic rings. The Bertz CT molecular complexity index is 650. The summed E-state index contributed by atoms with van der Waals surface area (Å²) in [7, 11) is 0. The summed E-state index contributed by atoms with van der Waals surface area (Å²) in [6.45, 7) is 1.81. The second-order valence-corrected chi connectivity index (χ2v) is 4.63. The first-order valence-electron chi connectivity index (χ1n) is 5.17. The van der Waals surface area contributed by atoms with Crippen LogP contribution in [0.25, 0.3) is 10.6 Å². The third-order valence-corrected chi connectivity index (χ3v) is 3.57. The highest BCUT2D eigenvalue weighted by Gasteiger charge is 2.16. The lowest BCUT2D eigenvalue weighted by atomic mass is 10.2. The van der Waals surface area contributed by atoms with Crippen molar-refractivity contribution >= 4 is 23.8 Å². The number of aromatic nitrogens is 1. The number of carbonyl (C=O) groups excluding carboxylic acids is 1. The van der Waals surface area contributed by atoms with Crippen molar-refractivity contribution in [3.8, 4) is 22.1 Å². The van der Waals surface area contributed by atoms with Gasteiger partial charge in [0.05, 0.1) is 5.69 Å². The van der Waals surface area contributed by atoms with Gasteiger partial charge in [-0.05, 0) is 25.1 Å². The second kappa shape index (κ2) is 5.07. The molecule has 0 aliphatic carbocycles. The molecule has 7 heteroatoms. The van der Waals surface area contributed by atoms with E-state index >= 15 is 0 Å². The predicted molar refractivity (Wildman–Crippen MR) is 67.6 cm³/mol. The van der Waals surface area contributed by atoms with E-state index in [1.165, 1.54) is 12.1 Å². The lowest BCUT2D eigenvalue weighted by Gasteiger charge is -2.03. The number of hydrogen-bond acceptors (Lipinski definition) is 6. The predicted octanol–water partition coefficient (Wildman–Crippen LogP) is 2.06. The maximum Gasteiger partial charge on any atom is 0.347 e. The first-order chi connectivity index (χ1) is 9.02. The largest absolute Gasteiger partial charge is 0.504 e. The number of phenolic OH excluding ortho intramolecular Hbond substituents is 1. The molecule has 0 saturated carbocycles. The summed E-state index contributed by atoms with van der Waals surface area (Å²) in [5, 5.41) is 18.9. The zero-order chi connectivity index (χ0) is 14.0. The molecule has 1 heterocycles. The van der Waals surface area contributed by atoms with Crippen molar-refractivity contribution in [2.24, 2.45) is 0 Å². The summed E-state index contributed by atoms with van der Waals surface area (Å²) in [5.74, 6) is -1.22. The van der Waals surface area contributed by atoms with E-state index in [0.29, 0.717) is 16.3 Å². The number of benzene rings is 1. The number of aromatic hydroxyl groups is 1. The van der Waals surface area contributed by atoms with Crippen LogP contribution in [0.5, 0.6) is 11.5 Å². The Balaban J connectivity index is 2.47. The van der Waals surface area contributed by atoms with Gasteiger partial charge in [-0.25, -0.2) is 9.78 Å². The highest BCUT2D eigenvalue weighted by atomic mass is 32.1. The van der Waals surface area contributed by atoms with Gasteiger partial charge < -0.3 is 14.9 Å². The molecule has 98 valence electrons. The number of thiazole rings is 1. The van der Waals surface area contributed by atoms with Crippen LogP contribution in [0.1, 0.15) is 15.4 Å². The second-order valence-electron chi connectivity index (χ2n) is 3.64. The minimum Gasteiger partial charge on any atom is -0.504 e. The molecule has 6 nitrogen and oxygen atoms in total. The minimum absolute atomic E-state index is 0.00257. The van der Waals surface area contributed by atoms with Gasteiger partial charge in [-0.3, -0.25) is 4.79 Å². The lowest BCUT2D eigenvalue weighted by Crippen LogP contribution is -1.94. The molecular weight excluding hydrogens is 270 g/mol. The third kappa shape index (κ3) is 2.55. The zero-order valence-electron chi connectivity index (χ0n) is 9.78. The summed E-state index contributed by atoms with van der Waals surface area (Å²) >= 11 is 1.02. The molecule has 0 bridgehead atoms. The molecule has 19 heavy (non-hydrogen) atoms. The van der Waals surface area contributed by atoms with Crippen LogP contribution in [0, 0.1) is 6.92 Å². The molecule has 0 atom stereocenters. The molecule has 1 aromatic heterocycles. The standard InChI is InChI=1S/C12H9NO5S/c1-6-10(12(16)17)19-11(13-6)7-2-3-8(15)9(4-7)18-5-14/h2-5,15H,1H3,(H,16,17). The summed E-state index contributed by atoms with van der Waals surface area (Å²) < 4.78 is 4.61. The number of nitrogens with zero attached hydrogens (tertiary/aromatic N) is 1. The van der Waals surface area contributed by atoms with Crippen LogP contribution in [0.2, 0.25) is 0 Å². The van der Waals surface area contributed by atoms with Crippen molar-refractivity contribution in [1.82, 2.24) is 4.98 Å². The SMILES string of the molecule is Cc1nc(-c2ccc(O)c(OC=O)c2)sc1C(=O)O. The van der Waals surface area contributed by atoms with Gasteiger partial charge in [0.25, 0.3) is 6.47 Å². The topological polar surface area (TPSA) is 96.7 Å². The van der Waals surface area contributed by atoms with E-state index in [9.17, 15) is 14.7 Å². The first-order valence-corrected chi connectivity index (χ1v) is 5.99. The molecular formula is C12H9NO5S. The number of aryl methyl sites for hydroxylation is 1. The molecule has 1 aromatic carbocycles. The van der Waals surface area contributed by atoms with Crippen LogP contribution in [0.3, 0.4) is 0 Å². The fourth-order valence-electron chi connectivity index (χ4n) is 1.51. The van der Waals surface area contributed by atoms with Crippen molar-refractivity contribution in [2.75, 3.05) is 0 Å². The Morgan fingerprint density at radius 2 is 2.21 bits per heavy atom. The Labute approximate surface area is 111 Å². The molecule has 0 unspecified atom stereocenters. The van der Waals surface area contributed by atoms with E-state index in [-0.39, 0.29) is 22.8 Å². The molecule has 0 radical (unpaired) electrons. The number of hydrogen-bond donors (Lipinski definition) is 2. The molecule has 0 amide bonds. The number of ether oxygens (including phenoxy) is 1. The van der Waals surface area contributed by atoms with Crippen molar-refractivity contribution in [2.45, 2.75) is 6.92 Å². The fraction of sp³-hybridized carbons (Fsp3) is 0.0833. The summed E-state index contributed by atoms with van der Waals surface area (Å²) in [6.07, 6.45) is 0. The average Bonchev–Trinajstić information content (AvgIpc) is 2.74. The fourth-order valence-corrected chi connectivity index (χ4v) is 2.41. The quantitative estimate of drug-likeness (QED) is 0.831. The highest BCUT2D eigenvalue weighted by Crippen LogP contribution is 2.34. The van der Waals surface area contributed by atoms with Gasteiger partial charge in [0.2, 0.25) is 0 Å². The number of carbonyl (C=O) groups is 2. The third-order valence-electron chi connectivity index (χ3n) is 2.37. The molecule has 0 spiro atoms. The van der Waals surface area contributed by atoms with Crippen molar-refractivity contribution in [1.29, 1.82) is 0 Å². The minimum atomic E-state index is -1.04. The van der Waals surface area contributed by atoms with Gasteiger partial charge in [0, 0.05) is 5.56 Å². The summed E-state index contributed by atoms with van der Waals surface area (Å²) in [4.78, 5) is 25.5. The maximum absolute atomic E-state index is 10.9. The van der Waals surface area contributed by atoms with E-state index in [0.717, 1.165) is 11.3 Å². The van der Waals surface area contributed by atoms with Crippen LogP contribution in [0.4, 0.5) is 0 Å². The van der Waals surface area contributed by atoms with Gasteiger partial charge >= 0.3 is 5.97 Å².